The summed E-state index contributed by atoms with van der Waals surface area (Å²) in [6.45, 7) is 6.53. The van der Waals surface area contributed by atoms with Crippen LogP contribution in [0.4, 0.5) is 11.4 Å². The number of benzene rings is 2. The van der Waals surface area contributed by atoms with Crippen LogP contribution in [0.5, 0.6) is 0 Å². The molecular formula is C21H26N2O3S. The van der Waals surface area contributed by atoms with Gasteiger partial charge in [-0.2, -0.15) is 0 Å². The lowest BCUT2D eigenvalue weighted by molar-refractivity contribution is -0.115. The van der Waals surface area contributed by atoms with E-state index in [2.05, 4.69) is 19.2 Å². The number of nitrogens with zero attached hydrogens (tertiary/aromatic N) is 1. The molecule has 1 heterocycles. The van der Waals surface area contributed by atoms with E-state index < -0.39 is 10.0 Å². The molecule has 0 radical (unpaired) electrons. The van der Waals surface area contributed by atoms with Crippen LogP contribution >= 0.6 is 0 Å². The van der Waals surface area contributed by atoms with Crippen LogP contribution in [-0.4, -0.2) is 26.6 Å². The van der Waals surface area contributed by atoms with Crippen molar-refractivity contribution in [3.63, 3.8) is 0 Å². The number of hydrogen-bond donors (Lipinski definition) is 1. The van der Waals surface area contributed by atoms with Gasteiger partial charge in [-0.25, -0.2) is 8.42 Å². The molecule has 0 saturated carbocycles. The fourth-order valence-corrected chi connectivity index (χ4v) is 4.98. The molecule has 1 N–H and O–H groups in total. The van der Waals surface area contributed by atoms with Crippen LogP contribution in [-0.2, 0) is 21.2 Å². The van der Waals surface area contributed by atoms with Crippen molar-refractivity contribution in [2.75, 3.05) is 21.9 Å². The van der Waals surface area contributed by atoms with Gasteiger partial charge in [-0.05, 0) is 42.0 Å². The zero-order valence-electron chi connectivity index (χ0n) is 16.0. The highest BCUT2D eigenvalue weighted by molar-refractivity contribution is 7.92. The van der Waals surface area contributed by atoms with E-state index in [9.17, 15) is 13.2 Å². The number of hydrogen-bond acceptors (Lipinski definition) is 3. The molecule has 1 aliphatic rings. The van der Waals surface area contributed by atoms with Crippen LogP contribution in [0.1, 0.15) is 42.9 Å². The van der Waals surface area contributed by atoms with E-state index in [-0.39, 0.29) is 24.0 Å². The summed E-state index contributed by atoms with van der Waals surface area (Å²) in [4.78, 5) is 12.5. The molecule has 2 aromatic rings. The summed E-state index contributed by atoms with van der Waals surface area (Å²) in [7, 11) is -3.52. The van der Waals surface area contributed by atoms with Gasteiger partial charge in [-0.15, -0.1) is 0 Å². The lowest BCUT2D eigenvalue weighted by Crippen LogP contribution is -2.32. The first-order chi connectivity index (χ1) is 12.8. The molecule has 1 aliphatic heterocycles. The van der Waals surface area contributed by atoms with Crippen LogP contribution < -0.4 is 9.62 Å². The molecule has 0 atom stereocenters. The first kappa shape index (κ1) is 19.4. The zero-order chi connectivity index (χ0) is 19.6. The summed E-state index contributed by atoms with van der Waals surface area (Å²) < 4.78 is 26.9. The molecule has 27 heavy (non-hydrogen) atoms. The number of carbonyl (C=O) groups excluding carboxylic acids is 1. The van der Waals surface area contributed by atoms with E-state index in [1.165, 1.54) is 4.31 Å². The van der Waals surface area contributed by atoms with Gasteiger partial charge in [0.1, 0.15) is 0 Å². The number of nitrogens with one attached hydrogen (secondary N) is 1. The molecule has 1 amide bonds. The number of sulfonamides is 1. The smallest absolute Gasteiger partial charge is 0.235 e. The molecule has 0 unspecified atom stereocenters. The average molecular weight is 387 g/mol. The first-order valence-corrected chi connectivity index (χ1v) is 10.9. The van der Waals surface area contributed by atoms with Gasteiger partial charge in [0.2, 0.25) is 15.9 Å². The third kappa shape index (κ3) is 4.16. The second-order valence-corrected chi connectivity index (χ2v) is 9.27. The van der Waals surface area contributed by atoms with Gasteiger partial charge in [0.25, 0.3) is 0 Å². The number of anilines is 2. The molecule has 0 aliphatic carbocycles. The SMILES string of the molecule is Cc1cccc(C(C)C)c1NC(=O)CCS(=O)(=O)N1CCc2ccccc21. The Labute approximate surface area is 161 Å². The number of amides is 1. The Kier molecular flexibility index (Phi) is 5.56. The Morgan fingerprint density at radius 2 is 1.89 bits per heavy atom. The van der Waals surface area contributed by atoms with E-state index in [1.54, 1.807) is 0 Å². The molecule has 0 bridgehead atoms. The normalized spacial score (nSPS) is 13.7. The lowest BCUT2D eigenvalue weighted by Gasteiger charge is -2.20. The van der Waals surface area contributed by atoms with Crippen LogP contribution in [0.25, 0.3) is 0 Å². The zero-order valence-corrected chi connectivity index (χ0v) is 16.8. The van der Waals surface area contributed by atoms with Crippen molar-refractivity contribution in [1.82, 2.24) is 0 Å². The summed E-state index contributed by atoms with van der Waals surface area (Å²) in [6.07, 6.45) is 0.648. The Balaban J connectivity index is 1.68. The van der Waals surface area contributed by atoms with E-state index in [4.69, 9.17) is 0 Å². The van der Waals surface area contributed by atoms with Gasteiger partial charge < -0.3 is 5.32 Å². The molecule has 5 nitrogen and oxygen atoms in total. The average Bonchev–Trinajstić information content (AvgIpc) is 3.06. The van der Waals surface area contributed by atoms with E-state index in [1.807, 2.05) is 49.4 Å². The Morgan fingerprint density at radius 1 is 1.15 bits per heavy atom. The van der Waals surface area contributed by atoms with Crippen molar-refractivity contribution in [1.29, 1.82) is 0 Å². The maximum Gasteiger partial charge on any atom is 0.235 e. The number of carbonyl (C=O) groups is 1. The van der Waals surface area contributed by atoms with Crippen molar-refractivity contribution < 1.29 is 13.2 Å². The summed E-state index contributed by atoms with van der Waals surface area (Å²) in [5, 5.41) is 2.92. The number of fused-ring (bicyclic) bond motifs is 1. The van der Waals surface area contributed by atoms with E-state index in [0.717, 1.165) is 28.1 Å². The minimum absolute atomic E-state index is 0.0626. The van der Waals surface area contributed by atoms with Crippen LogP contribution in [0.3, 0.4) is 0 Å². The summed E-state index contributed by atoms with van der Waals surface area (Å²) in [6, 6.07) is 13.4. The molecule has 0 aromatic heterocycles. The lowest BCUT2D eigenvalue weighted by atomic mass is 9.98. The third-order valence-corrected chi connectivity index (χ3v) is 6.73. The fraction of sp³-hybridized carbons (Fsp3) is 0.381. The number of rotatable bonds is 6. The topological polar surface area (TPSA) is 66.5 Å². The van der Waals surface area contributed by atoms with Crippen molar-refractivity contribution >= 4 is 27.3 Å². The standard InChI is InChI=1S/C21H26N2O3S/c1-15(2)18-9-6-7-16(3)21(18)22-20(24)12-14-27(25,26)23-13-11-17-8-4-5-10-19(17)23/h4-10,15H,11-14H2,1-3H3,(H,22,24). The molecule has 3 rings (SSSR count). The fourth-order valence-electron chi connectivity index (χ4n) is 3.47. The molecule has 0 saturated heterocycles. The van der Waals surface area contributed by atoms with Crippen LogP contribution in [0.15, 0.2) is 42.5 Å². The monoisotopic (exact) mass is 386 g/mol. The predicted molar refractivity (Wildman–Crippen MR) is 110 cm³/mol. The first-order valence-electron chi connectivity index (χ1n) is 9.27. The highest BCUT2D eigenvalue weighted by atomic mass is 32.2. The third-order valence-electron chi connectivity index (χ3n) is 4.96. The second kappa shape index (κ2) is 7.72. The Hall–Kier alpha value is -2.34. The van der Waals surface area contributed by atoms with Crippen molar-refractivity contribution in [2.24, 2.45) is 0 Å². The Bertz CT molecular complexity index is 952. The molecule has 2 aromatic carbocycles. The van der Waals surface area contributed by atoms with E-state index >= 15 is 0 Å². The molecular weight excluding hydrogens is 360 g/mol. The summed E-state index contributed by atoms with van der Waals surface area (Å²) in [5.41, 5.74) is 4.60. The number of para-hydroxylation sites is 2. The van der Waals surface area contributed by atoms with E-state index in [0.29, 0.717) is 13.0 Å². The van der Waals surface area contributed by atoms with Crippen LogP contribution in [0.2, 0.25) is 0 Å². The second-order valence-electron chi connectivity index (χ2n) is 7.26. The predicted octanol–water partition coefficient (Wildman–Crippen LogP) is 3.84. The van der Waals surface area contributed by atoms with Crippen LogP contribution in [0, 0.1) is 6.92 Å². The van der Waals surface area contributed by atoms with Crippen molar-refractivity contribution in [3.05, 3.63) is 59.2 Å². The molecule has 144 valence electrons. The van der Waals surface area contributed by atoms with Gasteiger partial charge in [0.15, 0.2) is 0 Å². The van der Waals surface area contributed by atoms with Gasteiger partial charge in [-0.3, -0.25) is 9.10 Å². The summed E-state index contributed by atoms with van der Waals surface area (Å²) in [5.74, 6) is -0.205. The highest BCUT2D eigenvalue weighted by Gasteiger charge is 2.29. The maximum atomic E-state index is 12.7. The van der Waals surface area contributed by atoms with Crippen molar-refractivity contribution in [2.45, 2.75) is 39.5 Å². The summed E-state index contributed by atoms with van der Waals surface area (Å²) >= 11 is 0. The maximum absolute atomic E-state index is 12.7. The quantitative estimate of drug-likeness (QED) is 0.820. The van der Waals surface area contributed by atoms with Gasteiger partial charge in [0.05, 0.1) is 11.4 Å². The van der Waals surface area contributed by atoms with Gasteiger partial charge >= 0.3 is 0 Å². The van der Waals surface area contributed by atoms with Crippen molar-refractivity contribution in [3.8, 4) is 0 Å². The minimum atomic E-state index is -3.52. The molecule has 0 fully saturated rings. The molecule has 0 spiro atoms. The van der Waals surface area contributed by atoms with Gasteiger partial charge in [-0.1, -0.05) is 50.2 Å². The minimum Gasteiger partial charge on any atom is -0.326 e. The Morgan fingerprint density at radius 3 is 2.63 bits per heavy atom. The highest BCUT2D eigenvalue weighted by Crippen LogP contribution is 2.30. The number of aryl methyl sites for hydroxylation is 1. The van der Waals surface area contributed by atoms with Gasteiger partial charge in [0, 0.05) is 18.7 Å². The molecule has 6 heteroatoms. The largest absolute Gasteiger partial charge is 0.326 e.